The van der Waals surface area contributed by atoms with Gasteiger partial charge in [-0.15, -0.1) is 0 Å². The lowest BCUT2D eigenvalue weighted by atomic mass is 10.1. The molecule has 0 fully saturated rings. The second-order valence-corrected chi connectivity index (χ2v) is 3.77. The molecule has 3 heteroatoms. The first-order valence-electron chi connectivity index (χ1n) is 5.58. The van der Waals surface area contributed by atoms with Gasteiger partial charge >= 0.3 is 5.97 Å². The predicted molar refractivity (Wildman–Crippen MR) is 68.1 cm³/mol. The van der Waals surface area contributed by atoms with Crippen LogP contribution in [0.5, 0.6) is 5.75 Å². The summed E-state index contributed by atoms with van der Waals surface area (Å²) in [4.78, 5) is 11.2. The SMILES string of the molecule is CCOC(=O)/C=C\c1cc(C)c(OC)c(C)c1. The van der Waals surface area contributed by atoms with E-state index in [0.717, 1.165) is 22.4 Å². The molecule has 0 radical (unpaired) electrons. The van der Waals surface area contributed by atoms with E-state index in [9.17, 15) is 4.79 Å². The van der Waals surface area contributed by atoms with E-state index >= 15 is 0 Å². The molecule has 92 valence electrons. The summed E-state index contributed by atoms with van der Waals surface area (Å²) in [5, 5.41) is 0. The zero-order valence-electron chi connectivity index (χ0n) is 10.7. The summed E-state index contributed by atoms with van der Waals surface area (Å²) in [6, 6.07) is 3.95. The van der Waals surface area contributed by atoms with E-state index < -0.39 is 0 Å². The topological polar surface area (TPSA) is 35.5 Å². The van der Waals surface area contributed by atoms with Crippen molar-refractivity contribution in [3.8, 4) is 5.75 Å². The maximum atomic E-state index is 11.2. The van der Waals surface area contributed by atoms with Gasteiger partial charge in [-0.3, -0.25) is 0 Å². The van der Waals surface area contributed by atoms with Crippen molar-refractivity contribution in [1.29, 1.82) is 0 Å². The van der Waals surface area contributed by atoms with Gasteiger partial charge in [0, 0.05) is 6.08 Å². The molecule has 1 rings (SSSR count). The lowest BCUT2D eigenvalue weighted by Gasteiger charge is -2.09. The molecule has 0 aromatic heterocycles. The van der Waals surface area contributed by atoms with Crippen LogP contribution in [0, 0.1) is 13.8 Å². The molecule has 17 heavy (non-hydrogen) atoms. The molecule has 0 spiro atoms. The highest BCUT2D eigenvalue weighted by Crippen LogP contribution is 2.24. The Morgan fingerprint density at radius 1 is 1.29 bits per heavy atom. The molecule has 1 aromatic carbocycles. The highest BCUT2D eigenvalue weighted by Gasteiger charge is 2.03. The number of aryl methyl sites for hydroxylation is 2. The molecule has 0 heterocycles. The van der Waals surface area contributed by atoms with Crippen molar-refractivity contribution in [2.24, 2.45) is 0 Å². The first-order valence-corrected chi connectivity index (χ1v) is 5.58. The van der Waals surface area contributed by atoms with E-state index in [0.29, 0.717) is 6.61 Å². The van der Waals surface area contributed by atoms with Crippen molar-refractivity contribution < 1.29 is 14.3 Å². The number of hydrogen-bond acceptors (Lipinski definition) is 3. The summed E-state index contributed by atoms with van der Waals surface area (Å²) in [5.41, 5.74) is 3.07. The zero-order chi connectivity index (χ0) is 12.8. The predicted octanol–water partition coefficient (Wildman–Crippen LogP) is 2.89. The molecule has 0 aliphatic heterocycles. The fraction of sp³-hybridized carbons (Fsp3) is 0.357. The van der Waals surface area contributed by atoms with Crippen molar-refractivity contribution in [2.45, 2.75) is 20.8 Å². The molecule has 0 aliphatic rings. The molecule has 0 unspecified atom stereocenters. The molecule has 0 saturated heterocycles. The first kappa shape index (κ1) is 13.3. The Morgan fingerprint density at radius 3 is 2.35 bits per heavy atom. The number of ether oxygens (including phenoxy) is 2. The second-order valence-electron chi connectivity index (χ2n) is 3.77. The van der Waals surface area contributed by atoms with E-state index in [2.05, 4.69) is 0 Å². The van der Waals surface area contributed by atoms with Crippen LogP contribution < -0.4 is 4.74 Å². The number of carbonyl (C=O) groups is 1. The van der Waals surface area contributed by atoms with Gasteiger partial charge in [0.15, 0.2) is 0 Å². The van der Waals surface area contributed by atoms with Crippen molar-refractivity contribution in [1.82, 2.24) is 0 Å². The Kier molecular flexibility index (Phi) is 4.76. The lowest BCUT2D eigenvalue weighted by molar-refractivity contribution is -0.137. The molecule has 0 aliphatic carbocycles. The summed E-state index contributed by atoms with van der Waals surface area (Å²) in [6.45, 7) is 6.14. The van der Waals surface area contributed by atoms with Crippen LogP contribution in [-0.2, 0) is 9.53 Å². The van der Waals surface area contributed by atoms with Crippen LogP contribution in [-0.4, -0.2) is 19.7 Å². The molecule has 3 nitrogen and oxygen atoms in total. The summed E-state index contributed by atoms with van der Waals surface area (Å²) < 4.78 is 10.1. The molecule has 0 saturated carbocycles. The molecule has 0 amide bonds. The molecule has 0 atom stereocenters. The fourth-order valence-corrected chi connectivity index (χ4v) is 1.76. The van der Waals surface area contributed by atoms with Gasteiger partial charge in [0.05, 0.1) is 13.7 Å². The fourth-order valence-electron chi connectivity index (χ4n) is 1.76. The van der Waals surface area contributed by atoms with Crippen molar-refractivity contribution >= 4 is 12.0 Å². The largest absolute Gasteiger partial charge is 0.496 e. The maximum Gasteiger partial charge on any atom is 0.330 e. The molecule has 0 N–H and O–H groups in total. The standard InChI is InChI=1S/C14H18O3/c1-5-17-13(15)7-6-12-8-10(2)14(16-4)11(3)9-12/h6-9H,5H2,1-4H3/b7-6-. The number of benzene rings is 1. The average molecular weight is 234 g/mol. The monoisotopic (exact) mass is 234 g/mol. The van der Waals surface area contributed by atoms with Crippen LogP contribution in [0.3, 0.4) is 0 Å². The van der Waals surface area contributed by atoms with Gasteiger partial charge in [0.2, 0.25) is 0 Å². The summed E-state index contributed by atoms with van der Waals surface area (Å²) in [5.74, 6) is 0.567. The molecular weight excluding hydrogens is 216 g/mol. The van der Waals surface area contributed by atoms with E-state index in [-0.39, 0.29) is 5.97 Å². The maximum absolute atomic E-state index is 11.2. The summed E-state index contributed by atoms with van der Waals surface area (Å²) in [6.07, 6.45) is 3.18. The van der Waals surface area contributed by atoms with Crippen LogP contribution in [0.25, 0.3) is 6.08 Å². The Hall–Kier alpha value is -1.77. The van der Waals surface area contributed by atoms with Crippen molar-refractivity contribution in [3.05, 3.63) is 34.9 Å². The Balaban J connectivity index is 2.90. The van der Waals surface area contributed by atoms with Gasteiger partial charge in [-0.05, 0) is 55.7 Å². The van der Waals surface area contributed by atoms with Gasteiger partial charge in [-0.1, -0.05) is 0 Å². The second kappa shape index (κ2) is 6.09. The zero-order valence-corrected chi connectivity index (χ0v) is 10.7. The summed E-state index contributed by atoms with van der Waals surface area (Å²) >= 11 is 0. The third kappa shape index (κ3) is 3.63. The number of carbonyl (C=O) groups excluding carboxylic acids is 1. The van der Waals surface area contributed by atoms with Crippen LogP contribution in [0.1, 0.15) is 23.6 Å². The van der Waals surface area contributed by atoms with E-state index in [4.69, 9.17) is 9.47 Å². The average Bonchev–Trinajstić information content (AvgIpc) is 2.26. The Labute approximate surface area is 102 Å². The van der Waals surface area contributed by atoms with Gasteiger partial charge < -0.3 is 9.47 Å². The first-order chi connectivity index (χ1) is 8.08. The van der Waals surface area contributed by atoms with E-state index in [1.54, 1.807) is 20.1 Å². The van der Waals surface area contributed by atoms with E-state index in [1.165, 1.54) is 6.08 Å². The molecular formula is C14H18O3. The Morgan fingerprint density at radius 2 is 1.88 bits per heavy atom. The third-order valence-corrected chi connectivity index (χ3v) is 2.39. The number of methoxy groups -OCH3 is 1. The van der Waals surface area contributed by atoms with Gasteiger partial charge in [-0.25, -0.2) is 4.79 Å². The van der Waals surface area contributed by atoms with Crippen LogP contribution in [0.2, 0.25) is 0 Å². The minimum atomic E-state index is -0.321. The van der Waals surface area contributed by atoms with Crippen LogP contribution in [0.15, 0.2) is 18.2 Å². The molecule has 0 bridgehead atoms. The van der Waals surface area contributed by atoms with Crippen LogP contribution >= 0.6 is 0 Å². The minimum absolute atomic E-state index is 0.321. The lowest BCUT2D eigenvalue weighted by Crippen LogP contribution is -1.98. The quantitative estimate of drug-likeness (QED) is 0.593. The highest BCUT2D eigenvalue weighted by molar-refractivity contribution is 5.87. The van der Waals surface area contributed by atoms with Gasteiger partial charge in [0.25, 0.3) is 0 Å². The molecule has 1 aromatic rings. The minimum Gasteiger partial charge on any atom is -0.496 e. The third-order valence-electron chi connectivity index (χ3n) is 2.39. The summed E-state index contributed by atoms with van der Waals surface area (Å²) in [7, 11) is 1.66. The van der Waals surface area contributed by atoms with Crippen molar-refractivity contribution in [3.63, 3.8) is 0 Å². The van der Waals surface area contributed by atoms with E-state index in [1.807, 2.05) is 26.0 Å². The van der Waals surface area contributed by atoms with Crippen molar-refractivity contribution in [2.75, 3.05) is 13.7 Å². The smallest absolute Gasteiger partial charge is 0.330 e. The number of hydrogen-bond donors (Lipinski definition) is 0. The highest BCUT2D eigenvalue weighted by atomic mass is 16.5. The van der Waals surface area contributed by atoms with Crippen LogP contribution in [0.4, 0.5) is 0 Å². The van der Waals surface area contributed by atoms with Gasteiger partial charge in [0.1, 0.15) is 5.75 Å². The Bertz CT molecular complexity index is 410. The number of rotatable bonds is 4. The van der Waals surface area contributed by atoms with Gasteiger partial charge in [-0.2, -0.15) is 0 Å². The normalized spacial score (nSPS) is 10.6. The number of esters is 1.